The van der Waals surface area contributed by atoms with Gasteiger partial charge in [-0.15, -0.1) is 0 Å². The molecule has 0 N–H and O–H groups in total. The number of benzene rings is 3. The standard InChI is InChI=1S/C27H20ClN3O2/c1-30(17-18-7-3-2-4-8-18)25(32)16-24-26-22(15-19-9-5-6-10-23(19)29-26)27(33)31(24)21-13-11-20(28)12-14-21/h2-16H,17H2,1H3/b24-16+. The van der Waals surface area contributed by atoms with Gasteiger partial charge in [-0.2, -0.15) is 0 Å². The van der Waals surface area contributed by atoms with Crippen molar-refractivity contribution in [2.75, 3.05) is 11.9 Å². The fraction of sp³-hybridized carbons (Fsp3) is 0.0741. The number of rotatable bonds is 4. The lowest BCUT2D eigenvalue weighted by molar-refractivity contribution is -0.125. The highest BCUT2D eigenvalue weighted by Crippen LogP contribution is 2.37. The van der Waals surface area contributed by atoms with Gasteiger partial charge >= 0.3 is 0 Å². The van der Waals surface area contributed by atoms with E-state index in [-0.39, 0.29) is 11.8 Å². The second kappa shape index (κ2) is 8.52. The number of hydrogen-bond acceptors (Lipinski definition) is 3. The van der Waals surface area contributed by atoms with Crippen LogP contribution in [-0.2, 0) is 11.3 Å². The molecule has 33 heavy (non-hydrogen) atoms. The average molecular weight is 454 g/mol. The van der Waals surface area contributed by atoms with E-state index >= 15 is 0 Å². The Labute approximate surface area is 196 Å². The van der Waals surface area contributed by atoms with E-state index in [1.165, 1.54) is 11.0 Å². The number of amides is 2. The normalized spacial score (nSPS) is 14.1. The van der Waals surface area contributed by atoms with Crippen LogP contribution in [0, 0.1) is 0 Å². The third-order valence-corrected chi connectivity index (χ3v) is 5.88. The largest absolute Gasteiger partial charge is 0.338 e. The fourth-order valence-electron chi connectivity index (χ4n) is 3.95. The number of anilines is 1. The molecule has 5 rings (SSSR count). The second-order valence-electron chi connectivity index (χ2n) is 7.90. The van der Waals surface area contributed by atoms with Gasteiger partial charge in [0.2, 0.25) is 5.91 Å². The van der Waals surface area contributed by atoms with Crippen LogP contribution in [-0.4, -0.2) is 28.7 Å². The molecule has 1 aliphatic rings. The number of para-hydroxylation sites is 1. The summed E-state index contributed by atoms with van der Waals surface area (Å²) in [5.74, 6) is -0.446. The maximum atomic E-state index is 13.5. The van der Waals surface area contributed by atoms with Crippen LogP contribution in [0.5, 0.6) is 0 Å². The zero-order chi connectivity index (χ0) is 22.9. The Morgan fingerprint density at radius 1 is 1.00 bits per heavy atom. The third-order valence-electron chi connectivity index (χ3n) is 5.62. The van der Waals surface area contributed by atoms with Gasteiger partial charge in [0.25, 0.3) is 5.91 Å². The first-order valence-corrected chi connectivity index (χ1v) is 10.9. The maximum absolute atomic E-state index is 13.5. The van der Waals surface area contributed by atoms with E-state index in [1.807, 2.05) is 60.7 Å². The number of carbonyl (C=O) groups is 2. The summed E-state index contributed by atoms with van der Waals surface area (Å²) in [5, 5.41) is 1.44. The molecule has 2 amide bonds. The van der Waals surface area contributed by atoms with Crippen molar-refractivity contribution in [3.05, 3.63) is 113 Å². The number of nitrogens with zero attached hydrogens (tertiary/aromatic N) is 3. The monoisotopic (exact) mass is 453 g/mol. The minimum absolute atomic E-state index is 0.219. The molecule has 0 atom stereocenters. The number of pyridine rings is 1. The van der Waals surface area contributed by atoms with E-state index in [2.05, 4.69) is 0 Å². The van der Waals surface area contributed by atoms with Gasteiger partial charge in [0, 0.05) is 35.8 Å². The summed E-state index contributed by atoms with van der Waals surface area (Å²) >= 11 is 6.06. The van der Waals surface area contributed by atoms with Crippen molar-refractivity contribution in [2.45, 2.75) is 6.54 Å². The smallest absolute Gasteiger partial charge is 0.265 e. The molecule has 162 valence electrons. The van der Waals surface area contributed by atoms with Crippen molar-refractivity contribution in [1.82, 2.24) is 9.88 Å². The molecule has 1 aliphatic heterocycles. The first kappa shape index (κ1) is 20.9. The first-order chi connectivity index (χ1) is 16.0. The van der Waals surface area contributed by atoms with Crippen molar-refractivity contribution in [2.24, 2.45) is 0 Å². The highest BCUT2D eigenvalue weighted by atomic mass is 35.5. The molecule has 0 aliphatic carbocycles. The summed E-state index contributed by atoms with van der Waals surface area (Å²) in [5.41, 5.74) is 3.82. The molecule has 0 saturated carbocycles. The van der Waals surface area contributed by atoms with Gasteiger partial charge < -0.3 is 4.90 Å². The summed E-state index contributed by atoms with van der Waals surface area (Å²) in [6.45, 7) is 0.455. The molecule has 2 heterocycles. The number of fused-ring (bicyclic) bond motifs is 2. The van der Waals surface area contributed by atoms with Crippen LogP contribution in [0.15, 0.2) is 91.0 Å². The minimum atomic E-state index is -0.227. The van der Waals surface area contributed by atoms with Crippen LogP contribution in [0.3, 0.4) is 0 Å². The van der Waals surface area contributed by atoms with Crippen LogP contribution >= 0.6 is 11.6 Å². The second-order valence-corrected chi connectivity index (χ2v) is 8.34. The number of aromatic nitrogens is 1. The molecule has 0 bridgehead atoms. The van der Waals surface area contributed by atoms with E-state index in [9.17, 15) is 9.59 Å². The topological polar surface area (TPSA) is 53.5 Å². The molecule has 1 aromatic heterocycles. The van der Waals surface area contributed by atoms with Crippen molar-refractivity contribution in [3.8, 4) is 0 Å². The van der Waals surface area contributed by atoms with E-state index in [0.29, 0.717) is 34.2 Å². The van der Waals surface area contributed by atoms with E-state index in [0.717, 1.165) is 16.5 Å². The van der Waals surface area contributed by atoms with E-state index in [1.54, 1.807) is 36.2 Å². The van der Waals surface area contributed by atoms with Crippen LogP contribution in [0.25, 0.3) is 16.6 Å². The predicted molar refractivity (Wildman–Crippen MR) is 131 cm³/mol. The van der Waals surface area contributed by atoms with Gasteiger partial charge in [0.15, 0.2) is 0 Å². The van der Waals surface area contributed by atoms with Crippen molar-refractivity contribution in [3.63, 3.8) is 0 Å². The van der Waals surface area contributed by atoms with E-state index in [4.69, 9.17) is 16.6 Å². The van der Waals surface area contributed by atoms with Crippen molar-refractivity contribution >= 4 is 45.7 Å². The summed E-state index contributed by atoms with van der Waals surface area (Å²) in [6.07, 6.45) is 1.49. The molecule has 3 aromatic carbocycles. The Hall–Kier alpha value is -3.96. The number of halogens is 1. The highest BCUT2D eigenvalue weighted by Gasteiger charge is 2.36. The zero-order valence-electron chi connectivity index (χ0n) is 17.9. The Morgan fingerprint density at radius 3 is 2.45 bits per heavy atom. The van der Waals surface area contributed by atoms with Gasteiger partial charge in [0.05, 0.1) is 16.8 Å². The quantitative estimate of drug-likeness (QED) is 0.381. The molecular weight excluding hydrogens is 434 g/mol. The average Bonchev–Trinajstić information content (AvgIpc) is 3.09. The SMILES string of the molecule is CN(Cc1ccccc1)C(=O)/C=C1\c2nc3ccccc3cc2C(=O)N1c1ccc(Cl)cc1. The lowest BCUT2D eigenvalue weighted by atomic mass is 10.1. The molecule has 4 aromatic rings. The summed E-state index contributed by atoms with van der Waals surface area (Å²) in [7, 11) is 1.74. The molecule has 6 heteroatoms. The molecular formula is C27H20ClN3O2. The molecule has 0 fully saturated rings. The van der Waals surface area contributed by atoms with Gasteiger partial charge in [0.1, 0.15) is 5.69 Å². The Bertz CT molecular complexity index is 1400. The van der Waals surface area contributed by atoms with Gasteiger partial charge in [-0.05, 0) is 42.0 Å². The van der Waals surface area contributed by atoms with Crippen LogP contribution in [0.2, 0.25) is 5.02 Å². The van der Waals surface area contributed by atoms with Gasteiger partial charge in [-0.25, -0.2) is 4.98 Å². The Kier molecular flexibility index (Phi) is 5.40. The molecule has 0 unspecified atom stereocenters. The van der Waals surface area contributed by atoms with E-state index < -0.39 is 0 Å². The van der Waals surface area contributed by atoms with Gasteiger partial charge in [-0.1, -0.05) is 60.1 Å². The first-order valence-electron chi connectivity index (χ1n) is 10.5. The lowest BCUT2D eigenvalue weighted by Gasteiger charge is -2.20. The van der Waals surface area contributed by atoms with Crippen LogP contribution in [0.4, 0.5) is 5.69 Å². The third kappa shape index (κ3) is 3.99. The highest BCUT2D eigenvalue weighted by molar-refractivity contribution is 6.31. The predicted octanol–water partition coefficient (Wildman–Crippen LogP) is 5.55. The molecule has 5 nitrogen and oxygen atoms in total. The Morgan fingerprint density at radius 2 is 1.70 bits per heavy atom. The molecule has 0 saturated heterocycles. The van der Waals surface area contributed by atoms with Crippen molar-refractivity contribution in [1.29, 1.82) is 0 Å². The summed E-state index contributed by atoms with van der Waals surface area (Å²) < 4.78 is 0. The number of hydrogen-bond donors (Lipinski definition) is 0. The van der Waals surface area contributed by atoms with Crippen LogP contribution in [0.1, 0.15) is 21.6 Å². The summed E-state index contributed by atoms with van der Waals surface area (Å²) in [4.78, 5) is 34.5. The maximum Gasteiger partial charge on any atom is 0.265 e. The van der Waals surface area contributed by atoms with Crippen LogP contribution < -0.4 is 4.90 Å². The number of likely N-dealkylation sites (N-methyl/N-ethyl adjacent to an activating group) is 1. The van der Waals surface area contributed by atoms with Gasteiger partial charge in [-0.3, -0.25) is 14.5 Å². The Balaban J connectivity index is 1.59. The lowest BCUT2D eigenvalue weighted by Crippen LogP contribution is -2.27. The number of carbonyl (C=O) groups excluding carboxylic acids is 2. The van der Waals surface area contributed by atoms with Crippen molar-refractivity contribution < 1.29 is 9.59 Å². The zero-order valence-corrected chi connectivity index (χ0v) is 18.7. The molecule has 0 spiro atoms. The molecule has 0 radical (unpaired) electrons. The minimum Gasteiger partial charge on any atom is -0.338 e. The fourth-order valence-corrected chi connectivity index (χ4v) is 4.08. The summed E-state index contributed by atoms with van der Waals surface area (Å²) in [6, 6.07) is 26.2.